The normalized spacial score (nSPS) is 11.2. The van der Waals surface area contributed by atoms with E-state index in [1.54, 1.807) is 54.7 Å². The molecule has 150 valence electrons. The maximum atomic E-state index is 13.1. The third-order valence-electron chi connectivity index (χ3n) is 4.42. The molecule has 4 rings (SSSR count). The number of hydrogen-bond donors (Lipinski definition) is 3. The Bertz CT molecular complexity index is 1280. The van der Waals surface area contributed by atoms with Gasteiger partial charge in [-0.3, -0.25) is 4.79 Å². The SMILES string of the molecule is Cc1c[nH]c(C(=O)c2sc3cc(O)ccc3c2Oc2ccc(/C=C/C(=O)O)cc2)c1. The molecule has 3 N–H and O–H groups in total. The molecule has 0 spiro atoms. The lowest BCUT2D eigenvalue weighted by Gasteiger charge is -2.08. The monoisotopic (exact) mass is 419 g/mol. The standard InChI is InChI=1S/C23H17NO5S/c1-13-10-18(24-12-13)21(28)23-22(17-8-5-15(25)11-19(17)30-23)29-16-6-2-14(3-7-16)4-9-20(26)27/h2-12,24-25H,1H3,(H,26,27)/b9-4+. The lowest BCUT2D eigenvalue weighted by Crippen LogP contribution is -2.01. The number of hydrogen-bond acceptors (Lipinski definition) is 5. The number of ether oxygens (including phenoxy) is 1. The Kier molecular flexibility index (Phi) is 5.12. The summed E-state index contributed by atoms with van der Waals surface area (Å²) in [4.78, 5) is 27.2. The largest absolute Gasteiger partial charge is 0.508 e. The molecule has 0 aliphatic rings. The van der Waals surface area contributed by atoms with Crippen LogP contribution in [0.15, 0.2) is 60.8 Å². The fourth-order valence-electron chi connectivity index (χ4n) is 3.00. The number of rotatable bonds is 6. The molecule has 0 saturated heterocycles. The van der Waals surface area contributed by atoms with Crippen LogP contribution in [0.3, 0.4) is 0 Å². The molecule has 7 heteroatoms. The number of carboxylic acids is 1. The summed E-state index contributed by atoms with van der Waals surface area (Å²) in [7, 11) is 0. The highest BCUT2D eigenvalue weighted by Gasteiger charge is 2.23. The Labute approximate surface area is 175 Å². The van der Waals surface area contributed by atoms with Crippen molar-refractivity contribution in [3.05, 3.63) is 82.5 Å². The van der Waals surface area contributed by atoms with Crippen LogP contribution in [-0.2, 0) is 4.79 Å². The highest BCUT2D eigenvalue weighted by Crippen LogP contribution is 2.42. The number of benzene rings is 2. The Morgan fingerprint density at radius 3 is 2.53 bits per heavy atom. The predicted octanol–water partition coefficient (Wildman–Crippen LogP) is 5.36. The van der Waals surface area contributed by atoms with Gasteiger partial charge in [-0.05, 0) is 60.5 Å². The molecule has 2 aromatic heterocycles. The van der Waals surface area contributed by atoms with Crippen molar-refractivity contribution in [3.63, 3.8) is 0 Å². The van der Waals surface area contributed by atoms with Crippen molar-refractivity contribution in [2.24, 2.45) is 0 Å². The maximum absolute atomic E-state index is 13.1. The van der Waals surface area contributed by atoms with E-state index in [0.717, 1.165) is 21.7 Å². The van der Waals surface area contributed by atoms with Crippen LogP contribution in [0.1, 0.15) is 26.5 Å². The van der Waals surface area contributed by atoms with Crippen LogP contribution in [0.2, 0.25) is 0 Å². The first kappa shape index (κ1) is 19.5. The molecule has 6 nitrogen and oxygen atoms in total. The molecule has 2 aromatic carbocycles. The lowest BCUT2D eigenvalue weighted by atomic mass is 10.1. The molecule has 0 aliphatic heterocycles. The van der Waals surface area contributed by atoms with Gasteiger partial charge in [0.1, 0.15) is 16.4 Å². The van der Waals surface area contributed by atoms with Gasteiger partial charge in [-0.15, -0.1) is 11.3 Å². The van der Waals surface area contributed by atoms with E-state index in [4.69, 9.17) is 9.84 Å². The van der Waals surface area contributed by atoms with Crippen molar-refractivity contribution in [1.29, 1.82) is 0 Å². The molecule has 30 heavy (non-hydrogen) atoms. The Hall–Kier alpha value is -3.84. The van der Waals surface area contributed by atoms with Crippen molar-refractivity contribution in [1.82, 2.24) is 4.98 Å². The first-order valence-corrected chi connectivity index (χ1v) is 9.86. The number of carboxylic acid groups (broad SMARTS) is 1. The molecule has 4 aromatic rings. The molecule has 0 unspecified atom stereocenters. The second-order valence-electron chi connectivity index (χ2n) is 6.70. The van der Waals surface area contributed by atoms with Gasteiger partial charge in [0.05, 0.1) is 5.69 Å². The van der Waals surface area contributed by atoms with Gasteiger partial charge in [0.2, 0.25) is 5.78 Å². The van der Waals surface area contributed by atoms with Crippen molar-refractivity contribution in [3.8, 4) is 17.2 Å². The summed E-state index contributed by atoms with van der Waals surface area (Å²) < 4.78 is 6.82. The number of aliphatic carboxylic acids is 1. The second-order valence-corrected chi connectivity index (χ2v) is 7.76. The Morgan fingerprint density at radius 1 is 1.10 bits per heavy atom. The van der Waals surface area contributed by atoms with Crippen LogP contribution in [0.4, 0.5) is 0 Å². The van der Waals surface area contributed by atoms with Gasteiger partial charge in [-0.25, -0.2) is 4.79 Å². The van der Waals surface area contributed by atoms with Crippen LogP contribution in [0.25, 0.3) is 16.2 Å². The average molecular weight is 419 g/mol. The van der Waals surface area contributed by atoms with Gasteiger partial charge < -0.3 is 19.9 Å². The number of phenolic OH excluding ortho intramolecular Hbond substituents is 1. The third-order valence-corrected chi connectivity index (χ3v) is 5.56. The number of fused-ring (bicyclic) bond motifs is 1. The zero-order valence-electron chi connectivity index (χ0n) is 15.9. The molecule has 0 saturated carbocycles. The van der Waals surface area contributed by atoms with E-state index in [0.29, 0.717) is 27.6 Å². The van der Waals surface area contributed by atoms with E-state index < -0.39 is 5.97 Å². The second kappa shape index (κ2) is 7.88. The highest BCUT2D eigenvalue weighted by atomic mass is 32.1. The molecular weight excluding hydrogens is 402 g/mol. The van der Waals surface area contributed by atoms with Crippen molar-refractivity contribution in [2.45, 2.75) is 6.92 Å². The number of ketones is 1. The quantitative estimate of drug-likeness (QED) is 0.288. The average Bonchev–Trinajstić information content (AvgIpc) is 3.30. The number of nitrogens with one attached hydrogen (secondary N) is 1. The number of aromatic hydroxyl groups is 1. The van der Waals surface area contributed by atoms with Crippen LogP contribution in [0.5, 0.6) is 17.2 Å². The number of aryl methyl sites for hydroxylation is 1. The van der Waals surface area contributed by atoms with Gasteiger partial charge in [-0.2, -0.15) is 0 Å². The summed E-state index contributed by atoms with van der Waals surface area (Å²) >= 11 is 1.25. The number of thiophene rings is 1. The summed E-state index contributed by atoms with van der Waals surface area (Å²) in [6.45, 7) is 1.90. The minimum Gasteiger partial charge on any atom is -0.508 e. The van der Waals surface area contributed by atoms with Gasteiger partial charge in [0.25, 0.3) is 0 Å². The topological polar surface area (TPSA) is 99.6 Å². The first-order chi connectivity index (χ1) is 14.4. The zero-order valence-corrected chi connectivity index (χ0v) is 16.7. The molecule has 0 atom stereocenters. The van der Waals surface area contributed by atoms with Crippen LogP contribution < -0.4 is 4.74 Å². The number of phenols is 1. The summed E-state index contributed by atoms with van der Waals surface area (Å²) in [6.07, 6.45) is 4.30. The molecule has 0 amide bonds. The number of aromatic nitrogens is 1. The molecule has 0 bridgehead atoms. The van der Waals surface area contributed by atoms with Crippen molar-refractivity contribution < 1.29 is 24.5 Å². The number of H-pyrrole nitrogens is 1. The number of carbonyl (C=O) groups is 2. The van der Waals surface area contributed by atoms with Crippen molar-refractivity contribution >= 4 is 39.3 Å². The minimum absolute atomic E-state index is 0.111. The summed E-state index contributed by atoms with van der Waals surface area (Å²) in [5.41, 5.74) is 2.12. The van der Waals surface area contributed by atoms with E-state index in [9.17, 15) is 14.7 Å². The highest BCUT2D eigenvalue weighted by molar-refractivity contribution is 7.21. The fraction of sp³-hybridized carbons (Fsp3) is 0.0435. The maximum Gasteiger partial charge on any atom is 0.328 e. The van der Waals surface area contributed by atoms with Gasteiger partial charge in [0, 0.05) is 22.4 Å². The van der Waals surface area contributed by atoms with Gasteiger partial charge in [0.15, 0.2) is 5.75 Å². The molecule has 0 radical (unpaired) electrons. The third kappa shape index (κ3) is 3.97. The van der Waals surface area contributed by atoms with E-state index in [-0.39, 0.29) is 11.5 Å². The van der Waals surface area contributed by atoms with E-state index in [1.165, 1.54) is 17.4 Å². The Morgan fingerprint density at radius 2 is 1.87 bits per heavy atom. The van der Waals surface area contributed by atoms with E-state index in [2.05, 4.69) is 4.98 Å². The first-order valence-electron chi connectivity index (χ1n) is 9.05. The smallest absolute Gasteiger partial charge is 0.328 e. The fourth-order valence-corrected chi connectivity index (χ4v) is 4.12. The van der Waals surface area contributed by atoms with Gasteiger partial charge in [-0.1, -0.05) is 12.1 Å². The van der Waals surface area contributed by atoms with Crippen molar-refractivity contribution in [2.75, 3.05) is 0 Å². The molecular formula is C23H17NO5S. The molecule has 2 heterocycles. The molecule has 0 fully saturated rings. The lowest BCUT2D eigenvalue weighted by molar-refractivity contribution is -0.131. The summed E-state index contributed by atoms with van der Waals surface area (Å²) in [5, 5.41) is 19.3. The summed E-state index contributed by atoms with van der Waals surface area (Å²) in [6, 6.07) is 13.5. The minimum atomic E-state index is -1.02. The van der Waals surface area contributed by atoms with Gasteiger partial charge >= 0.3 is 5.97 Å². The summed E-state index contributed by atoms with van der Waals surface area (Å²) in [5.74, 6) is -0.182. The van der Waals surface area contributed by atoms with Crippen LogP contribution in [-0.4, -0.2) is 26.9 Å². The zero-order chi connectivity index (χ0) is 21.3. The van der Waals surface area contributed by atoms with Crippen LogP contribution >= 0.6 is 11.3 Å². The van der Waals surface area contributed by atoms with E-state index in [1.807, 2.05) is 6.92 Å². The molecule has 0 aliphatic carbocycles. The predicted molar refractivity (Wildman–Crippen MR) is 116 cm³/mol. The number of carbonyl (C=O) groups excluding carboxylic acids is 1. The van der Waals surface area contributed by atoms with Crippen LogP contribution in [0, 0.1) is 6.92 Å². The Balaban J connectivity index is 1.73. The number of aromatic amines is 1. The van der Waals surface area contributed by atoms with E-state index >= 15 is 0 Å².